The maximum absolute atomic E-state index is 11.9. The van der Waals surface area contributed by atoms with E-state index in [1.165, 1.54) is 23.5 Å². The molecule has 7 heteroatoms. The highest BCUT2D eigenvalue weighted by atomic mass is 32.1. The van der Waals surface area contributed by atoms with Gasteiger partial charge in [0.25, 0.3) is 0 Å². The Bertz CT molecular complexity index is 792. The molecule has 2 aromatic heterocycles. The van der Waals surface area contributed by atoms with Gasteiger partial charge in [-0.2, -0.15) is 0 Å². The summed E-state index contributed by atoms with van der Waals surface area (Å²) in [6, 6.07) is 6.42. The molecule has 0 saturated heterocycles. The first kappa shape index (κ1) is 14.3. The Kier molecular flexibility index (Phi) is 3.88. The van der Waals surface area contributed by atoms with Crippen LogP contribution < -0.4 is 5.32 Å². The van der Waals surface area contributed by atoms with Gasteiger partial charge in [-0.05, 0) is 17.7 Å². The zero-order valence-corrected chi connectivity index (χ0v) is 12.3. The minimum Gasteiger partial charge on any atom is -0.478 e. The first-order valence-electron chi connectivity index (χ1n) is 6.62. The molecule has 22 heavy (non-hydrogen) atoms. The summed E-state index contributed by atoms with van der Waals surface area (Å²) in [4.78, 5) is 27.9. The molecule has 3 aromatic rings. The number of hydrogen-bond acceptors (Lipinski definition) is 4. The molecule has 1 aromatic carbocycles. The van der Waals surface area contributed by atoms with Gasteiger partial charge in [0.1, 0.15) is 0 Å². The number of amides is 1. The molecule has 3 rings (SSSR count). The van der Waals surface area contributed by atoms with Gasteiger partial charge in [0.2, 0.25) is 5.91 Å². The lowest BCUT2D eigenvalue weighted by molar-refractivity contribution is -0.120. The average Bonchev–Trinajstić information content (AvgIpc) is 3.06. The van der Waals surface area contributed by atoms with E-state index in [9.17, 15) is 9.59 Å². The quantitative estimate of drug-likeness (QED) is 0.754. The maximum atomic E-state index is 11.9. The van der Waals surface area contributed by atoms with Crippen LogP contribution in [0.2, 0.25) is 0 Å². The van der Waals surface area contributed by atoms with E-state index < -0.39 is 5.97 Å². The topological polar surface area (TPSA) is 83.7 Å². The van der Waals surface area contributed by atoms with Crippen LogP contribution in [0.25, 0.3) is 4.96 Å². The molecule has 1 amide bonds. The molecule has 0 radical (unpaired) electrons. The number of thiazole rings is 1. The average molecular weight is 315 g/mol. The summed E-state index contributed by atoms with van der Waals surface area (Å²) in [6.45, 7) is 0.362. The first-order valence-corrected chi connectivity index (χ1v) is 7.50. The molecular formula is C15H13N3O3S. The Balaban J connectivity index is 1.55. The van der Waals surface area contributed by atoms with E-state index in [2.05, 4.69) is 10.3 Å². The number of rotatable bonds is 5. The van der Waals surface area contributed by atoms with Crippen LogP contribution in [0.5, 0.6) is 0 Å². The number of carboxylic acid groups (broad SMARTS) is 1. The maximum Gasteiger partial charge on any atom is 0.335 e. The molecule has 0 aliphatic rings. The summed E-state index contributed by atoms with van der Waals surface area (Å²) in [7, 11) is 0. The van der Waals surface area contributed by atoms with Crippen molar-refractivity contribution in [2.45, 2.75) is 13.0 Å². The van der Waals surface area contributed by atoms with Crippen LogP contribution in [0.3, 0.4) is 0 Å². The largest absolute Gasteiger partial charge is 0.478 e. The standard InChI is InChI=1S/C15H13N3O3S/c19-13(7-12-9-18-5-6-22-15(18)17-12)16-8-10-1-3-11(4-2-10)14(20)21/h1-6,9H,7-8H2,(H,16,19)(H,20,21). The smallest absolute Gasteiger partial charge is 0.335 e. The van der Waals surface area contributed by atoms with Gasteiger partial charge in [-0.1, -0.05) is 12.1 Å². The normalized spacial score (nSPS) is 10.7. The van der Waals surface area contributed by atoms with E-state index in [4.69, 9.17) is 5.11 Å². The number of carboxylic acids is 1. The molecule has 0 aliphatic heterocycles. The third-order valence-corrected chi connectivity index (χ3v) is 3.95. The third-order valence-electron chi connectivity index (χ3n) is 3.18. The van der Waals surface area contributed by atoms with Crippen LogP contribution in [0.15, 0.2) is 42.0 Å². The summed E-state index contributed by atoms with van der Waals surface area (Å²) in [5, 5.41) is 13.6. The van der Waals surface area contributed by atoms with Crippen LogP contribution in [0.4, 0.5) is 0 Å². The highest BCUT2D eigenvalue weighted by Crippen LogP contribution is 2.11. The number of benzene rings is 1. The SMILES string of the molecule is O=C(Cc1cn2ccsc2n1)NCc1ccc(C(=O)O)cc1. The van der Waals surface area contributed by atoms with Crippen LogP contribution in [0, 0.1) is 0 Å². The summed E-state index contributed by atoms with van der Waals surface area (Å²) >= 11 is 1.52. The minimum absolute atomic E-state index is 0.118. The molecule has 0 saturated carbocycles. The second kappa shape index (κ2) is 5.98. The molecule has 2 N–H and O–H groups in total. The van der Waals surface area contributed by atoms with Crippen LogP contribution in [0.1, 0.15) is 21.6 Å². The lowest BCUT2D eigenvalue weighted by Crippen LogP contribution is -2.24. The summed E-state index contributed by atoms with van der Waals surface area (Å²) < 4.78 is 1.89. The highest BCUT2D eigenvalue weighted by Gasteiger charge is 2.08. The Labute approximate surface area is 130 Å². The predicted octanol–water partition coefficient (Wildman–Crippen LogP) is 1.95. The molecule has 0 bridgehead atoms. The Morgan fingerprint density at radius 2 is 2.05 bits per heavy atom. The van der Waals surface area contributed by atoms with E-state index in [1.54, 1.807) is 12.1 Å². The molecule has 0 unspecified atom stereocenters. The minimum atomic E-state index is -0.963. The molecule has 6 nitrogen and oxygen atoms in total. The monoisotopic (exact) mass is 315 g/mol. The number of carbonyl (C=O) groups is 2. The van der Waals surface area contributed by atoms with Crippen molar-refractivity contribution in [1.82, 2.24) is 14.7 Å². The van der Waals surface area contributed by atoms with Crippen LogP contribution >= 0.6 is 11.3 Å². The number of aromatic carboxylic acids is 1. The van der Waals surface area contributed by atoms with E-state index in [1.807, 2.05) is 22.2 Å². The Morgan fingerprint density at radius 3 is 2.73 bits per heavy atom. The number of aromatic nitrogens is 2. The fourth-order valence-electron chi connectivity index (χ4n) is 2.05. The zero-order chi connectivity index (χ0) is 15.5. The highest BCUT2D eigenvalue weighted by molar-refractivity contribution is 7.15. The third kappa shape index (κ3) is 3.15. The van der Waals surface area contributed by atoms with Crippen molar-refractivity contribution in [1.29, 1.82) is 0 Å². The van der Waals surface area contributed by atoms with Crippen molar-refractivity contribution in [2.24, 2.45) is 0 Å². The molecule has 0 fully saturated rings. The van der Waals surface area contributed by atoms with Gasteiger partial charge in [-0.3, -0.25) is 9.20 Å². The number of nitrogens with one attached hydrogen (secondary N) is 1. The van der Waals surface area contributed by atoms with Gasteiger partial charge in [-0.15, -0.1) is 11.3 Å². The van der Waals surface area contributed by atoms with Crippen LogP contribution in [-0.2, 0) is 17.8 Å². The Morgan fingerprint density at radius 1 is 1.27 bits per heavy atom. The number of nitrogens with zero attached hydrogens (tertiary/aromatic N) is 2. The fourth-order valence-corrected chi connectivity index (χ4v) is 2.77. The summed E-state index contributed by atoms with van der Waals surface area (Å²) in [5.41, 5.74) is 1.81. The molecule has 112 valence electrons. The van der Waals surface area contributed by atoms with Crippen LogP contribution in [-0.4, -0.2) is 26.4 Å². The molecular weight excluding hydrogens is 302 g/mol. The van der Waals surface area contributed by atoms with E-state index >= 15 is 0 Å². The lowest BCUT2D eigenvalue weighted by atomic mass is 10.1. The van der Waals surface area contributed by atoms with Gasteiger partial charge in [0.15, 0.2) is 4.96 Å². The molecule has 2 heterocycles. The number of carbonyl (C=O) groups excluding carboxylic acids is 1. The van der Waals surface area contributed by atoms with Gasteiger partial charge in [-0.25, -0.2) is 9.78 Å². The first-order chi connectivity index (χ1) is 10.6. The van der Waals surface area contributed by atoms with Crippen molar-refractivity contribution in [3.05, 3.63) is 58.9 Å². The van der Waals surface area contributed by atoms with Gasteiger partial charge in [0, 0.05) is 24.3 Å². The van der Waals surface area contributed by atoms with Crippen molar-refractivity contribution >= 4 is 28.2 Å². The molecule has 0 spiro atoms. The zero-order valence-electron chi connectivity index (χ0n) is 11.5. The number of fused-ring (bicyclic) bond motifs is 1. The lowest BCUT2D eigenvalue weighted by Gasteiger charge is -2.04. The number of hydrogen-bond donors (Lipinski definition) is 2. The summed E-state index contributed by atoms with van der Waals surface area (Å²) in [5.74, 6) is -1.08. The van der Waals surface area contributed by atoms with Crippen molar-refractivity contribution in [3.63, 3.8) is 0 Å². The van der Waals surface area contributed by atoms with Crippen molar-refractivity contribution in [2.75, 3.05) is 0 Å². The summed E-state index contributed by atoms with van der Waals surface area (Å²) in [6.07, 6.45) is 3.97. The molecule has 0 atom stereocenters. The van der Waals surface area contributed by atoms with E-state index in [0.29, 0.717) is 6.54 Å². The van der Waals surface area contributed by atoms with Gasteiger partial charge >= 0.3 is 5.97 Å². The second-order valence-electron chi connectivity index (χ2n) is 4.78. The van der Waals surface area contributed by atoms with E-state index in [-0.39, 0.29) is 17.9 Å². The van der Waals surface area contributed by atoms with Crippen molar-refractivity contribution < 1.29 is 14.7 Å². The van der Waals surface area contributed by atoms with Crippen molar-refractivity contribution in [3.8, 4) is 0 Å². The van der Waals surface area contributed by atoms with Gasteiger partial charge in [0.05, 0.1) is 17.7 Å². The molecule has 0 aliphatic carbocycles. The second-order valence-corrected chi connectivity index (χ2v) is 5.65. The fraction of sp³-hybridized carbons (Fsp3) is 0.133. The van der Waals surface area contributed by atoms with Gasteiger partial charge < -0.3 is 10.4 Å². The Hall–Kier alpha value is -2.67. The van der Waals surface area contributed by atoms with E-state index in [0.717, 1.165) is 16.2 Å². The predicted molar refractivity (Wildman–Crippen MR) is 82.0 cm³/mol. The number of imidazole rings is 1.